The lowest BCUT2D eigenvalue weighted by Gasteiger charge is -2.17. The number of aliphatic hydroxyl groups is 1. The molecule has 0 amide bonds. The Morgan fingerprint density at radius 3 is 2.80 bits per heavy atom. The van der Waals surface area contributed by atoms with E-state index in [0.717, 1.165) is 25.9 Å². The molecular formula is C15H17Cl2NO2. The Bertz CT molecular complexity index is 535. The molecule has 1 aliphatic carbocycles. The van der Waals surface area contributed by atoms with Gasteiger partial charge in [0.1, 0.15) is 0 Å². The molecule has 5 heteroatoms. The summed E-state index contributed by atoms with van der Waals surface area (Å²) < 4.78 is 0. The maximum absolute atomic E-state index is 12.3. The summed E-state index contributed by atoms with van der Waals surface area (Å²) in [5, 5.41) is 10.8. The lowest BCUT2D eigenvalue weighted by Crippen LogP contribution is -2.30. The number of Topliss-reactive ketones (excluding diaryl/α,β-unsaturated/α-hetero) is 1. The lowest BCUT2D eigenvalue weighted by molar-refractivity contribution is 0.0920. The molecule has 0 aromatic heterocycles. The normalized spacial score (nSPS) is 29.6. The highest BCUT2D eigenvalue weighted by molar-refractivity contribution is 6.36. The molecule has 2 aliphatic rings. The molecule has 20 heavy (non-hydrogen) atoms. The Morgan fingerprint density at radius 2 is 2.10 bits per heavy atom. The minimum absolute atomic E-state index is 0.0149. The predicted octanol–water partition coefficient (Wildman–Crippen LogP) is 2.88. The second-order valence-corrected chi connectivity index (χ2v) is 6.65. The van der Waals surface area contributed by atoms with Gasteiger partial charge in [0.15, 0.2) is 5.78 Å². The van der Waals surface area contributed by atoms with Crippen LogP contribution in [0.2, 0.25) is 10.0 Å². The van der Waals surface area contributed by atoms with E-state index in [1.165, 1.54) is 0 Å². The number of benzene rings is 1. The highest BCUT2D eigenvalue weighted by Crippen LogP contribution is 2.38. The molecule has 0 spiro atoms. The molecule has 108 valence electrons. The maximum Gasteiger partial charge on any atom is 0.178 e. The van der Waals surface area contributed by atoms with Gasteiger partial charge in [0.05, 0.1) is 17.7 Å². The van der Waals surface area contributed by atoms with Gasteiger partial charge in [0, 0.05) is 29.6 Å². The summed E-state index contributed by atoms with van der Waals surface area (Å²) in [5.74, 6) is 0.892. The van der Waals surface area contributed by atoms with E-state index < -0.39 is 0 Å². The van der Waals surface area contributed by atoms with Crippen molar-refractivity contribution >= 4 is 29.0 Å². The van der Waals surface area contributed by atoms with Gasteiger partial charge in [-0.3, -0.25) is 9.69 Å². The number of carbonyl (C=O) groups is 1. The van der Waals surface area contributed by atoms with Crippen molar-refractivity contribution in [3.05, 3.63) is 33.8 Å². The minimum Gasteiger partial charge on any atom is -0.393 e. The van der Waals surface area contributed by atoms with E-state index in [1.807, 2.05) is 0 Å². The number of hydrogen-bond acceptors (Lipinski definition) is 3. The summed E-state index contributed by atoms with van der Waals surface area (Å²) in [5.41, 5.74) is 0.522. The van der Waals surface area contributed by atoms with Crippen molar-refractivity contribution in [3.8, 4) is 0 Å². The van der Waals surface area contributed by atoms with Crippen molar-refractivity contribution < 1.29 is 9.90 Å². The van der Waals surface area contributed by atoms with E-state index >= 15 is 0 Å². The first-order valence-electron chi connectivity index (χ1n) is 6.93. The van der Waals surface area contributed by atoms with Crippen LogP contribution in [0.4, 0.5) is 0 Å². The van der Waals surface area contributed by atoms with Crippen LogP contribution in [0.25, 0.3) is 0 Å². The Labute approximate surface area is 128 Å². The average molecular weight is 314 g/mol. The zero-order valence-corrected chi connectivity index (χ0v) is 12.6. The quantitative estimate of drug-likeness (QED) is 0.872. The van der Waals surface area contributed by atoms with Crippen LogP contribution in [0.3, 0.4) is 0 Å². The topological polar surface area (TPSA) is 40.5 Å². The van der Waals surface area contributed by atoms with Crippen molar-refractivity contribution in [3.63, 3.8) is 0 Å². The fourth-order valence-corrected chi connectivity index (χ4v) is 3.98. The molecular weight excluding hydrogens is 297 g/mol. The Balaban J connectivity index is 1.65. The molecule has 0 radical (unpaired) electrons. The number of halogens is 2. The number of aliphatic hydroxyl groups excluding tert-OH is 1. The van der Waals surface area contributed by atoms with Crippen LogP contribution in [0, 0.1) is 11.8 Å². The number of ketones is 1. The molecule has 2 fully saturated rings. The first-order valence-corrected chi connectivity index (χ1v) is 7.69. The van der Waals surface area contributed by atoms with Crippen molar-refractivity contribution in [1.29, 1.82) is 0 Å². The maximum atomic E-state index is 12.3. The van der Waals surface area contributed by atoms with Gasteiger partial charge in [-0.15, -0.1) is 0 Å². The number of fused-ring (bicyclic) bond motifs is 1. The van der Waals surface area contributed by atoms with E-state index in [-0.39, 0.29) is 11.9 Å². The van der Waals surface area contributed by atoms with Crippen molar-refractivity contribution in [2.75, 3.05) is 19.6 Å². The summed E-state index contributed by atoms with van der Waals surface area (Å²) >= 11 is 11.9. The van der Waals surface area contributed by atoms with Gasteiger partial charge < -0.3 is 5.11 Å². The third-order valence-corrected chi connectivity index (χ3v) is 5.04. The van der Waals surface area contributed by atoms with E-state index in [2.05, 4.69) is 4.90 Å². The fraction of sp³-hybridized carbons (Fsp3) is 0.533. The van der Waals surface area contributed by atoms with E-state index in [4.69, 9.17) is 23.2 Å². The number of carbonyl (C=O) groups excluding carboxylic acids is 1. The van der Waals surface area contributed by atoms with Crippen LogP contribution in [0.15, 0.2) is 18.2 Å². The second-order valence-electron chi connectivity index (χ2n) is 5.81. The standard InChI is InChI=1S/C15H17Cl2NO2/c16-10-2-3-11(13(17)5-10)15(20)8-18-6-9-1-4-14(19)12(9)7-18/h2-3,5,9,12,14,19H,1,4,6-8H2. The van der Waals surface area contributed by atoms with Crippen molar-refractivity contribution in [1.82, 2.24) is 4.90 Å². The largest absolute Gasteiger partial charge is 0.393 e. The van der Waals surface area contributed by atoms with Gasteiger partial charge >= 0.3 is 0 Å². The van der Waals surface area contributed by atoms with E-state index in [1.54, 1.807) is 18.2 Å². The summed E-state index contributed by atoms with van der Waals surface area (Å²) in [4.78, 5) is 14.4. The lowest BCUT2D eigenvalue weighted by atomic mass is 10.00. The first kappa shape index (κ1) is 14.3. The number of rotatable bonds is 3. The Kier molecular flexibility index (Phi) is 4.04. The molecule has 3 rings (SSSR count). The van der Waals surface area contributed by atoms with Crippen LogP contribution in [0.1, 0.15) is 23.2 Å². The number of nitrogens with zero attached hydrogens (tertiary/aromatic N) is 1. The zero-order valence-electron chi connectivity index (χ0n) is 11.1. The van der Waals surface area contributed by atoms with Crippen LogP contribution in [0.5, 0.6) is 0 Å². The Morgan fingerprint density at radius 1 is 1.30 bits per heavy atom. The molecule has 3 unspecified atom stereocenters. The summed E-state index contributed by atoms with van der Waals surface area (Å²) in [6, 6.07) is 4.96. The van der Waals surface area contributed by atoms with Crippen LogP contribution in [-0.4, -0.2) is 41.5 Å². The molecule has 1 saturated carbocycles. The summed E-state index contributed by atoms with van der Waals surface area (Å²) in [6.07, 6.45) is 1.78. The molecule has 1 aromatic rings. The van der Waals surface area contributed by atoms with E-state index in [9.17, 15) is 9.90 Å². The third kappa shape index (κ3) is 2.73. The molecule has 3 atom stereocenters. The molecule has 1 aliphatic heterocycles. The van der Waals surface area contributed by atoms with Gasteiger partial charge in [0.2, 0.25) is 0 Å². The predicted molar refractivity (Wildman–Crippen MR) is 79.5 cm³/mol. The van der Waals surface area contributed by atoms with Gasteiger partial charge in [-0.05, 0) is 37.0 Å². The highest BCUT2D eigenvalue weighted by Gasteiger charge is 2.42. The molecule has 1 heterocycles. The molecule has 1 saturated heterocycles. The molecule has 3 nitrogen and oxygen atoms in total. The van der Waals surface area contributed by atoms with Gasteiger partial charge in [-0.2, -0.15) is 0 Å². The first-order chi connectivity index (χ1) is 9.54. The summed E-state index contributed by atoms with van der Waals surface area (Å²) in [7, 11) is 0. The highest BCUT2D eigenvalue weighted by atomic mass is 35.5. The van der Waals surface area contributed by atoms with Crippen molar-refractivity contribution in [2.24, 2.45) is 11.8 Å². The van der Waals surface area contributed by atoms with Gasteiger partial charge in [0.25, 0.3) is 0 Å². The minimum atomic E-state index is -0.195. The number of likely N-dealkylation sites (tertiary alicyclic amines) is 1. The smallest absolute Gasteiger partial charge is 0.178 e. The van der Waals surface area contributed by atoms with Gasteiger partial charge in [-0.1, -0.05) is 23.2 Å². The van der Waals surface area contributed by atoms with Crippen LogP contribution in [-0.2, 0) is 0 Å². The average Bonchev–Trinajstić information content (AvgIpc) is 2.91. The van der Waals surface area contributed by atoms with Crippen LogP contribution >= 0.6 is 23.2 Å². The monoisotopic (exact) mass is 313 g/mol. The fourth-order valence-electron chi connectivity index (χ4n) is 3.46. The third-order valence-electron chi connectivity index (χ3n) is 4.49. The number of hydrogen-bond donors (Lipinski definition) is 1. The zero-order chi connectivity index (χ0) is 14.3. The molecule has 0 bridgehead atoms. The van der Waals surface area contributed by atoms with E-state index in [0.29, 0.717) is 34.0 Å². The van der Waals surface area contributed by atoms with Gasteiger partial charge in [-0.25, -0.2) is 0 Å². The molecule has 1 N–H and O–H groups in total. The Hall–Kier alpha value is -0.610. The second kappa shape index (κ2) is 5.64. The molecule has 1 aromatic carbocycles. The summed E-state index contributed by atoms with van der Waals surface area (Å²) in [6.45, 7) is 2.07. The van der Waals surface area contributed by atoms with Crippen molar-refractivity contribution in [2.45, 2.75) is 18.9 Å². The SMILES string of the molecule is O=C(CN1CC2CCC(O)C2C1)c1ccc(Cl)cc1Cl. The van der Waals surface area contributed by atoms with Crippen LogP contribution < -0.4 is 0 Å².